The normalized spacial score (nSPS) is 9.68. The molecule has 22 heavy (non-hydrogen) atoms. The zero-order valence-electron chi connectivity index (χ0n) is 11.3. The fraction of sp³-hybridized carbons (Fsp3) is 0.0588. The summed E-state index contributed by atoms with van der Waals surface area (Å²) in [7, 11) is 0. The highest BCUT2D eigenvalue weighted by Gasteiger charge is 2.09. The van der Waals surface area contributed by atoms with Gasteiger partial charge in [-0.3, -0.25) is 0 Å². The molecule has 2 rings (SSSR count). The highest BCUT2D eigenvalue weighted by Crippen LogP contribution is 2.25. The van der Waals surface area contributed by atoms with Gasteiger partial charge in [0.1, 0.15) is 23.5 Å². The molecular weight excluding hydrogens is 322 g/mol. The second kappa shape index (κ2) is 7.09. The van der Waals surface area contributed by atoms with Crippen molar-refractivity contribution in [2.45, 2.75) is 6.42 Å². The Kier molecular flexibility index (Phi) is 5.17. The first-order chi connectivity index (χ1) is 10.5. The number of benzene rings is 2. The van der Waals surface area contributed by atoms with Crippen molar-refractivity contribution in [1.29, 1.82) is 10.5 Å². The van der Waals surface area contributed by atoms with Crippen molar-refractivity contribution in [3.63, 3.8) is 0 Å². The summed E-state index contributed by atoms with van der Waals surface area (Å²) < 4.78 is 14.4. The third-order valence-electron chi connectivity index (χ3n) is 3.03. The Morgan fingerprint density at radius 2 is 1.82 bits per heavy atom. The van der Waals surface area contributed by atoms with Crippen molar-refractivity contribution in [2.75, 3.05) is 0 Å². The van der Waals surface area contributed by atoms with Gasteiger partial charge in [0.05, 0.1) is 10.0 Å². The molecule has 0 unspecified atom stereocenters. The Bertz CT molecular complexity index is 814. The molecule has 2 aromatic rings. The molecule has 0 saturated heterocycles. The van der Waals surface area contributed by atoms with Gasteiger partial charge in [0, 0.05) is 12.0 Å². The van der Waals surface area contributed by atoms with E-state index in [0.717, 1.165) is 5.56 Å². The Labute approximate surface area is 137 Å². The summed E-state index contributed by atoms with van der Waals surface area (Å²) in [4.78, 5) is 0. The van der Waals surface area contributed by atoms with Crippen molar-refractivity contribution in [2.24, 2.45) is 0 Å². The molecule has 5 heteroatoms. The molecule has 0 aliphatic carbocycles. The first-order valence-corrected chi connectivity index (χ1v) is 7.04. The number of halogens is 3. The second-order valence-electron chi connectivity index (χ2n) is 4.53. The Balaban J connectivity index is 2.37. The molecule has 0 saturated carbocycles. The third-order valence-corrected chi connectivity index (χ3v) is 3.77. The maximum absolute atomic E-state index is 14.4. The average molecular weight is 331 g/mol. The van der Waals surface area contributed by atoms with Crippen LogP contribution in [0.15, 0.2) is 42.0 Å². The first-order valence-electron chi connectivity index (χ1n) is 6.28. The highest BCUT2D eigenvalue weighted by molar-refractivity contribution is 6.42. The number of allylic oxidation sites excluding steroid dienone is 1. The van der Waals surface area contributed by atoms with E-state index in [2.05, 4.69) is 0 Å². The summed E-state index contributed by atoms with van der Waals surface area (Å²) in [6.07, 6.45) is 1.56. The molecule has 0 bridgehead atoms. The predicted molar refractivity (Wildman–Crippen MR) is 84.9 cm³/mol. The minimum absolute atomic E-state index is 0.148. The first kappa shape index (κ1) is 16.0. The monoisotopic (exact) mass is 330 g/mol. The van der Waals surface area contributed by atoms with Crippen molar-refractivity contribution in [3.05, 3.63) is 74.5 Å². The number of nitriles is 2. The van der Waals surface area contributed by atoms with E-state index in [9.17, 15) is 4.39 Å². The Hall–Kier alpha value is -2.33. The molecule has 0 radical (unpaired) electrons. The van der Waals surface area contributed by atoms with Crippen molar-refractivity contribution in [3.8, 4) is 12.1 Å². The number of hydrogen-bond acceptors (Lipinski definition) is 2. The summed E-state index contributed by atoms with van der Waals surface area (Å²) in [5, 5.41) is 18.3. The van der Waals surface area contributed by atoms with Crippen LogP contribution >= 0.6 is 23.2 Å². The number of nitrogens with zero attached hydrogens (tertiary/aromatic N) is 2. The van der Waals surface area contributed by atoms with E-state index in [1.165, 1.54) is 12.1 Å². The molecule has 2 aromatic carbocycles. The van der Waals surface area contributed by atoms with Crippen molar-refractivity contribution in [1.82, 2.24) is 0 Å². The summed E-state index contributed by atoms with van der Waals surface area (Å²) in [5.74, 6) is -0.462. The quantitative estimate of drug-likeness (QED) is 0.730. The summed E-state index contributed by atoms with van der Waals surface area (Å²) in [6, 6.07) is 13.4. The van der Waals surface area contributed by atoms with E-state index < -0.39 is 5.82 Å². The minimum atomic E-state index is -0.462. The molecular formula is C17H9Cl2FN2. The number of hydrogen-bond donors (Lipinski definition) is 0. The molecule has 0 aliphatic heterocycles. The van der Waals surface area contributed by atoms with Crippen LogP contribution in [0, 0.1) is 28.5 Å². The van der Waals surface area contributed by atoms with E-state index in [4.69, 9.17) is 33.7 Å². The van der Waals surface area contributed by atoms with Crippen LogP contribution in [0.1, 0.15) is 16.7 Å². The van der Waals surface area contributed by atoms with Crippen LogP contribution in [0.4, 0.5) is 4.39 Å². The van der Waals surface area contributed by atoms with E-state index >= 15 is 0 Å². The second-order valence-corrected chi connectivity index (χ2v) is 5.34. The standard InChI is InChI=1S/C17H9Cl2FN2/c18-15-5-4-11(8-16(15)19)6-13-2-1-3-14(17(13)20)7-12(9-21)10-22/h1-5,7-8H,6H2. The minimum Gasteiger partial charge on any atom is -0.206 e. The molecule has 2 nitrogen and oxygen atoms in total. The number of rotatable bonds is 3. The van der Waals surface area contributed by atoms with E-state index in [1.807, 2.05) is 0 Å². The summed E-state index contributed by atoms with van der Waals surface area (Å²) in [5.41, 5.74) is 1.32. The van der Waals surface area contributed by atoms with Gasteiger partial charge in [0.25, 0.3) is 0 Å². The van der Waals surface area contributed by atoms with Crippen LogP contribution in [0.3, 0.4) is 0 Å². The molecule has 0 atom stereocenters. The largest absolute Gasteiger partial charge is 0.206 e. The van der Waals surface area contributed by atoms with Gasteiger partial charge < -0.3 is 0 Å². The topological polar surface area (TPSA) is 47.6 Å². The molecule has 0 spiro atoms. The lowest BCUT2D eigenvalue weighted by Gasteiger charge is -2.07. The van der Waals surface area contributed by atoms with Gasteiger partial charge in [-0.25, -0.2) is 4.39 Å². The fourth-order valence-electron chi connectivity index (χ4n) is 1.96. The molecule has 0 aromatic heterocycles. The maximum Gasteiger partial charge on any atom is 0.134 e. The van der Waals surface area contributed by atoms with Gasteiger partial charge in [-0.05, 0) is 29.3 Å². The van der Waals surface area contributed by atoms with E-state index in [1.54, 1.807) is 42.5 Å². The van der Waals surface area contributed by atoms with Crippen LogP contribution in [0.5, 0.6) is 0 Å². The van der Waals surface area contributed by atoms with Gasteiger partial charge in [0.15, 0.2) is 0 Å². The molecule has 0 heterocycles. The van der Waals surface area contributed by atoms with Gasteiger partial charge in [-0.15, -0.1) is 0 Å². The van der Waals surface area contributed by atoms with Gasteiger partial charge in [0.2, 0.25) is 0 Å². The predicted octanol–water partition coefficient (Wildman–Crippen LogP) is 5.15. The lowest BCUT2D eigenvalue weighted by molar-refractivity contribution is 0.611. The van der Waals surface area contributed by atoms with E-state index in [0.29, 0.717) is 22.0 Å². The molecule has 0 N–H and O–H groups in total. The zero-order valence-corrected chi connectivity index (χ0v) is 12.8. The van der Waals surface area contributed by atoms with Gasteiger partial charge >= 0.3 is 0 Å². The lowest BCUT2D eigenvalue weighted by atomic mass is 10.0. The third kappa shape index (κ3) is 3.65. The van der Waals surface area contributed by atoms with Crippen LogP contribution in [-0.2, 0) is 6.42 Å². The van der Waals surface area contributed by atoms with E-state index in [-0.39, 0.29) is 11.1 Å². The Morgan fingerprint density at radius 1 is 1.09 bits per heavy atom. The average Bonchev–Trinajstić information content (AvgIpc) is 2.52. The summed E-state index contributed by atoms with van der Waals surface area (Å²) >= 11 is 11.8. The lowest BCUT2D eigenvalue weighted by Crippen LogP contribution is -1.95. The van der Waals surface area contributed by atoms with Crippen LogP contribution in [0.25, 0.3) is 6.08 Å². The van der Waals surface area contributed by atoms with Crippen LogP contribution in [0.2, 0.25) is 10.0 Å². The van der Waals surface area contributed by atoms with Gasteiger partial charge in [-0.1, -0.05) is 47.5 Å². The Morgan fingerprint density at radius 3 is 2.45 bits per heavy atom. The zero-order chi connectivity index (χ0) is 16.1. The molecule has 108 valence electrons. The van der Waals surface area contributed by atoms with Crippen molar-refractivity contribution < 1.29 is 4.39 Å². The molecule has 0 amide bonds. The fourth-order valence-corrected chi connectivity index (χ4v) is 2.28. The molecule has 0 aliphatic rings. The highest BCUT2D eigenvalue weighted by atomic mass is 35.5. The van der Waals surface area contributed by atoms with Crippen molar-refractivity contribution >= 4 is 29.3 Å². The van der Waals surface area contributed by atoms with Crippen LogP contribution < -0.4 is 0 Å². The molecule has 0 fully saturated rings. The smallest absolute Gasteiger partial charge is 0.134 e. The SMILES string of the molecule is N#CC(C#N)=Cc1cccc(Cc2ccc(Cl)c(Cl)c2)c1F. The maximum atomic E-state index is 14.4. The van der Waals surface area contributed by atoms with Gasteiger partial charge in [-0.2, -0.15) is 10.5 Å². The van der Waals surface area contributed by atoms with Crippen LogP contribution in [-0.4, -0.2) is 0 Å². The summed E-state index contributed by atoms with van der Waals surface area (Å²) in [6.45, 7) is 0.